The standard InChI is InChI=1S/C14H14FN3O2/c1-20-13-7-6-12(9-16-13)18-14(19)17-8-10-2-4-11(15)5-3-10/h2-7,9H,8H2,1H3,(H2,17,18,19). The molecule has 6 heteroatoms. The number of carbonyl (C=O) groups excluding carboxylic acids is 1. The first-order valence-electron chi connectivity index (χ1n) is 5.97. The van der Waals surface area contributed by atoms with Gasteiger partial charge in [0.1, 0.15) is 5.82 Å². The van der Waals surface area contributed by atoms with Gasteiger partial charge < -0.3 is 15.4 Å². The van der Waals surface area contributed by atoms with E-state index < -0.39 is 0 Å². The van der Waals surface area contributed by atoms with E-state index in [2.05, 4.69) is 15.6 Å². The first kappa shape index (κ1) is 13.8. The van der Waals surface area contributed by atoms with Crippen LogP contribution in [-0.4, -0.2) is 18.1 Å². The molecular weight excluding hydrogens is 261 g/mol. The highest BCUT2D eigenvalue weighted by Crippen LogP contribution is 2.10. The molecule has 2 rings (SSSR count). The number of nitrogens with one attached hydrogen (secondary N) is 2. The Morgan fingerprint density at radius 1 is 1.25 bits per heavy atom. The molecule has 104 valence electrons. The number of pyridine rings is 1. The number of benzene rings is 1. The van der Waals surface area contributed by atoms with Crippen molar-refractivity contribution in [3.05, 3.63) is 54.0 Å². The quantitative estimate of drug-likeness (QED) is 0.901. The van der Waals surface area contributed by atoms with Crippen molar-refractivity contribution >= 4 is 11.7 Å². The Kier molecular flexibility index (Phi) is 4.49. The zero-order chi connectivity index (χ0) is 14.4. The molecule has 0 saturated carbocycles. The highest BCUT2D eigenvalue weighted by molar-refractivity contribution is 5.88. The first-order chi connectivity index (χ1) is 9.67. The van der Waals surface area contributed by atoms with Crippen LogP contribution in [-0.2, 0) is 6.54 Å². The van der Waals surface area contributed by atoms with E-state index >= 15 is 0 Å². The lowest BCUT2D eigenvalue weighted by Crippen LogP contribution is -2.28. The summed E-state index contributed by atoms with van der Waals surface area (Å²) in [7, 11) is 1.52. The number of halogens is 1. The second-order valence-corrected chi connectivity index (χ2v) is 4.02. The SMILES string of the molecule is COc1ccc(NC(=O)NCc2ccc(F)cc2)cn1. The molecule has 0 aliphatic carbocycles. The van der Waals surface area contributed by atoms with Gasteiger partial charge in [0.05, 0.1) is 19.0 Å². The van der Waals surface area contributed by atoms with Gasteiger partial charge in [-0.25, -0.2) is 14.2 Å². The Hall–Kier alpha value is -2.63. The lowest BCUT2D eigenvalue weighted by atomic mass is 10.2. The number of urea groups is 1. The molecule has 0 bridgehead atoms. The van der Waals surface area contributed by atoms with E-state index in [0.717, 1.165) is 5.56 Å². The van der Waals surface area contributed by atoms with Gasteiger partial charge >= 0.3 is 6.03 Å². The number of ether oxygens (including phenoxy) is 1. The Labute approximate surface area is 115 Å². The molecule has 0 atom stereocenters. The fourth-order valence-electron chi connectivity index (χ4n) is 1.53. The van der Waals surface area contributed by atoms with Crippen LogP contribution < -0.4 is 15.4 Å². The molecule has 0 unspecified atom stereocenters. The number of amides is 2. The monoisotopic (exact) mass is 275 g/mol. The van der Waals surface area contributed by atoms with Gasteiger partial charge in [0, 0.05) is 12.6 Å². The molecule has 1 aromatic heterocycles. The van der Waals surface area contributed by atoms with E-state index in [4.69, 9.17) is 4.74 Å². The number of nitrogens with zero attached hydrogens (tertiary/aromatic N) is 1. The van der Waals surface area contributed by atoms with Crippen LogP contribution in [0.3, 0.4) is 0 Å². The fourth-order valence-corrected chi connectivity index (χ4v) is 1.53. The molecule has 1 heterocycles. The fraction of sp³-hybridized carbons (Fsp3) is 0.143. The lowest BCUT2D eigenvalue weighted by molar-refractivity contribution is 0.251. The lowest BCUT2D eigenvalue weighted by Gasteiger charge is -2.08. The highest BCUT2D eigenvalue weighted by Gasteiger charge is 2.02. The maximum atomic E-state index is 12.7. The summed E-state index contributed by atoms with van der Waals surface area (Å²) in [6.07, 6.45) is 1.50. The Morgan fingerprint density at radius 2 is 2.00 bits per heavy atom. The molecule has 20 heavy (non-hydrogen) atoms. The predicted molar refractivity (Wildman–Crippen MR) is 73.0 cm³/mol. The zero-order valence-electron chi connectivity index (χ0n) is 10.9. The van der Waals surface area contributed by atoms with Gasteiger partial charge in [0.2, 0.25) is 5.88 Å². The van der Waals surface area contributed by atoms with Crippen molar-refractivity contribution in [1.82, 2.24) is 10.3 Å². The van der Waals surface area contributed by atoms with E-state index in [1.807, 2.05) is 0 Å². The van der Waals surface area contributed by atoms with Crippen LogP contribution in [0.4, 0.5) is 14.9 Å². The summed E-state index contributed by atoms with van der Waals surface area (Å²) in [6.45, 7) is 0.315. The average molecular weight is 275 g/mol. The van der Waals surface area contributed by atoms with Crippen molar-refractivity contribution in [2.24, 2.45) is 0 Å². The average Bonchev–Trinajstić information content (AvgIpc) is 2.47. The van der Waals surface area contributed by atoms with Crippen molar-refractivity contribution in [3.63, 3.8) is 0 Å². The molecule has 2 N–H and O–H groups in total. The molecule has 2 aromatic rings. The smallest absolute Gasteiger partial charge is 0.319 e. The summed E-state index contributed by atoms with van der Waals surface area (Å²) in [5.41, 5.74) is 1.37. The van der Waals surface area contributed by atoms with Gasteiger partial charge in [-0.2, -0.15) is 0 Å². The van der Waals surface area contributed by atoms with Crippen LogP contribution in [0.15, 0.2) is 42.6 Å². The Balaban J connectivity index is 1.84. The predicted octanol–water partition coefficient (Wildman–Crippen LogP) is 2.55. The maximum Gasteiger partial charge on any atom is 0.319 e. The molecule has 0 radical (unpaired) electrons. The van der Waals surface area contributed by atoms with Crippen molar-refractivity contribution < 1.29 is 13.9 Å². The first-order valence-corrected chi connectivity index (χ1v) is 5.97. The van der Waals surface area contributed by atoms with Crippen LogP contribution in [0.1, 0.15) is 5.56 Å². The number of carbonyl (C=O) groups is 1. The number of aromatic nitrogens is 1. The molecule has 0 aliphatic rings. The molecule has 2 amide bonds. The minimum Gasteiger partial charge on any atom is -0.481 e. The molecule has 0 spiro atoms. The minimum atomic E-state index is -0.360. The summed E-state index contributed by atoms with van der Waals surface area (Å²) in [6, 6.07) is 8.90. The van der Waals surface area contributed by atoms with Crippen molar-refractivity contribution in [2.45, 2.75) is 6.54 Å². The van der Waals surface area contributed by atoms with Crippen LogP contribution in [0.25, 0.3) is 0 Å². The van der Waals surface area contributed by atoms with Gasteiger partial charge in [-0.1, -0.05) is 12.1 Å². The van der Waals surface area contributed by atoms with E-state index in [-0.39, 0.29) is 11.8 Å². The Bertz CT molecular complexity index is 570. The normalized spacial score (nSPS) is 9.90. The number of methoxy groups -OCH3 is 1. The summed E-state index contributed by atoms with van der Waals surface area (Å²) < 4.78 is 17.6. The van der Waals surface area contributed by atoms with Gasteiger partial charge in [-0.3, -0.25) is 0 Å². The van der Waals surface area contributed by atoms with Crippen molar-refractivity contribution in [1.29, 1.82) is 0 Å². The minimum absolute atomic E-state index is 0.303. The number of anilines is 1. The van der Waals surface area contributed by atoms with Gasteiger partial charge in [-0.05, 0) is 23.8 Å². The molecule has 5 nitrogen and oxygen atoms in total. The summed E-state index contributed by atoms with van der Waals surface area (Å²) in [5.74, 6) is 0.171. The molecular formula is C14H14FN3O2. The van der Waals surface area contributed by atoms with Crippen LogP contribution in [0.2, 0.25) is 0 Å². The van der Waals surface area contributed by atoms with E-state index in [1.165, 1.54) is 25.4 Å². The van der Waals surface area contributed by atoms with Crippen LogP contribution in [0.5, 0.6) is 5.88 Å². The van der Waals surface area contributed by atoms with E-state index in [9.17, 15) is 9.18 Å². The highest BCUT2D eigenvalue weighted by atomic mass is 19.1. The van der Waals surface area contributed by atoms with Crippen LogP contribution >= 0.6 is 0 Å². The maximum absolute atomic E-state index is 12.7. The molecule has 0 aliphatic heterocycles. The third-order valence-corrected chi connectivity index (χ3v) is 2.57. The van der Waals surface area contributed by atoms with E-state index in [1.54, 1.807) is 24.3 Å². The van der Waals surface area contributed by atoms with Crippen LogP contribution in [0, 0.1) is 5.82 Å². The third kappa shape index (κ3) is 3.94. The summed E-state index contributed by atoms with van der Waals surface area (Å²) in [4.78, 5) is 15.6. The number of hydrogen-bond donors (Lipinski definition) is 2. The topological polar surface area (TPSA) is 63.2 Å². The van der Waals surface area contributed by atoms with Gasteiger partial charge in [-0.15, -0.1) is 0 Å². The second kappa shape index (κ2) is 6.51. The molecule has 1 aromatic carbocycles. The third-order valence-electron chi connectivity index (χ3n) is 2.57. The molecule has 0 saturated heterocycles. The summed E-state index contributed by atoms with van der Waals surface area (Å²) >= 11 is 0. The van der Waals surface area contributed by atoms with Gasteiger partial charge in [0.25, 0.3) is 0 Å². The largest absolute Gasteiger partial charge is 0.481 e. The second-order valence-electron chi connectivity index (χ2n) is 4.02. The van der Waals surface area contributed by atoms with Crippen molar-refractivity contribution in [2.75, 3.05) is 12.4 Å². The number of rotatable bonds is 4. The zero-order valence-corrected chi connectivity index (χ0v) is 10.9. The van der Waals surface area contributed by atoms with E-state index in [0.29, 0.717) is 18.1 Å². The number of hydrogen-bond acceptors (Lipinski definition) is 3. The Morgan fingerprint density at radius 3 is 2.60 bits per heavy atom. The van der Waals surface area contributed by atoms with Crippen molar-refractivity contribution in [3.8, 4) is 5.88 Å². The van der Waals surface area contributed by atoms with Gasteiger partial charge in [0.15, 0.2) is 0 Å². The molecule has 0 fully saturated rings. The summed E-state index contributed by atoms with van der Waals surface area (Å²) in [5, 5.41) is 5.30.